The third kappa shape index (κ3) is 6.91. The van der Waals surface area contributed by atoms with Crippen LogP contribution >= 0.6 is 9.12 Å². The highest BCUT2D eigenvalue weighted by Gasteiger charge is 2.33. The molecule has 1 aromatic carbocycles. The van der Waals surface area contributed by atoms with Crippen LogP contribution in [0.2, 0.25) is 0 Å². The number of hydrogen-bond donors (Lipinski definition) is 0. The van der Waals surface area contributed by atoms with Crippen molar-refractivity contribution in [2.45, 2.75) is 46.1 Å². The molecule has 0 amide bonds. The number of benzene rings is 1. The maximum atomic E-state index is 13.0. The van der Waals surface area contributed by atoms with Gasteiger partial charge in [-0.1, -0.05) is 25.8 Å². The first-order valence-corrected chi connectivity index (χ1v) is 8.78. The maximum Gasteiger partial charge on any atom is 0.317 e. The van der Waals surface area contributed by atoms with Crippen molar-refractivity contribution < 1.29 is 28.4 Å². The van der Waals surface area contributed by atoms with E-state index in [0.29, 0.717) is 32.6 Å². The zero-order valence-corrected chi connectivity index (χ0v) is 17.1. The molecular formula is C18H29O6P. The number of Topliss-reactive ketones (excluding diaryl/α,β-unsaturated/α-hetero) is 1. The standard InChI is InChI=1S/C18H26O5.H3OP/c1-6-7-9-13(18(20)23-12(2)3)17(19)16-14(21-4)10-8-11-15(16)22-5;1-2/h8,10-13H,6-7,9H2,1-5H3;2H3. The van der Waals surface area contributed by atoms with E-state index in [9.17, 15) is 9.59 Å². The average molecular weight is 372 g/mol. The number of esters is 1. The van der Waals surface area contributed by atoms with Crippen LogP contribution in [-0.4, -0.2) is 32.1 Å². The van der Waals surface area contributed by atoms with E-state index in [0.717, 1.165) is 12.8 Å². The highest BCUT2D eigenvalue weighted by Crippen LogP contribution is 2.32. The number of carbonyl (C=O) groups excluding carboxylic acids is 2. The van der Waals surface area contributed by atoms with Crippen LogP contribution in [0, 0.1) is 5.92 Å². The van der Waals surface area contributed by atoms with Gasteiger partial charge in [-0.05, 0) is 32.4 Å². The maximum absolute atomic E-state index is 13.0. The number of methoxy groups -OCH3 is 2. The molecule has 0 aliphatic heterocycles. The molecule has 0 N–H and O–H groups in total. The van der Waals surface area contributed by atoms with Crippen LogP contribution in [-0.2, 0) is 14.1 Å². The molecule has 25 heavy (non-hydrogen) atoms. The smallest absolute Gasteiger partial charge is 0.317 e. The molecule has 142 valence electrons. The Hall–Kier alpha value is -1.81. The monoisotopic (exact) mass is 372 g/mol. The van der Waals surface area contributed by atoms with E-state index in [1.807, 2.05) is 6.92 Å². The van der Waals surface area contributed by atoms with Gasteiger partial charge in [-0.2, -0.15) is 0 Å². The third-order valence-electron chi connectivity index (χ3n) is 3.47. The molecule has 2 unspecified atom stereocenters. The summed E-state index contributed by atoms with van der Waals surface area (Å²) in [5, 5.41) is 0. The van der Waals surface area contributed by atoms with E-state index in [-0.39, 0.29) is 11.9 Å². The lowest BCUT2D eigenvalue weighted by Gasteiger charge is -2.19. The Morgan fingerprint density at radius 3 is 2.00 bits per heavy atom. The second-order valence-electron chi connectivity index (χ2n) is 5.58. The molecule has 0 aromatic heterocycles. The van der Waals surface area contributed by atoms with Gasteiger partial charge in [0.15, 0.2) is 5.78 Å². The molecule has 0 saturated carbocycles. The van der Waals surface area contributed by atoms with Gasteiger partial charge in [-0.25, -0.2) is 0 Å². The van der Waals surface area contributed by atoms with Gasteiger partial charge in [0.25, 0.3) is 0 Å². The predicted octanol–water partition coefficient (Wildman–Crippen LogP) is 3.58. The number of hydrogen-bond acceptors (Lipinski definition) is 6. The van der Waals surface area contributed by atoms with Crippen LogP contribution in [0.5, 0.6) is 11.5 Å². The minimum absolute atomic E-state index is 0.265. The Balaban J connectivity index is 0.00000277. The van der Waals surface area contributed by atoms with E-state index in [1.165, 1.54) is 14.2 Å². The molecule has 0 spiro atoms. The van der Waals surface area contributed by atoms with Gasteiger partial charge in [0.05, 0.1) is 29.4 Å². The third-order valence-corrected chi connectivity index (χ3v) is 3.47. The molecule has 0 heterocycles. The Morgan fingerprint density at radius 2 is 1.60 bits per heavy atom. The summed E-state index contributed by atoms with van der Waals surface area (Å²) in [6, 6.07) is 5.10. The Kier molecular flexibility index (Phi) is 11.6. The first-order valence-electron chi connectivity index (χ1n) is 8.20. The summed E-state index contributed by atoms with van der Waals surface area (Å²) in [6.45, 7) is 5.55. The second kappa shape index (κ2) is 12.5. The molecule has 1 aromatic rings. The SMILES string of the molecule is CCCCC(C(=O)OC(C)C)C(=O)c1c(OC)cccc1OC.O=[PH3]. The Labute approximate surface area is 151 Å². The van der Waals surface area contributed by atoms with Crippen LogP contribution in [0.3, 0.4) is 0 Å². The molecule has 0 fully saturated rings. The minimum atomic E-state index is -0.845. The zero-order chi connectivity index (χ0) is 19.4. The highest BCUT2D eigenvalue weighted by molar-refractivity contribution is 7.00. The Bertz CT molecular complexity index is 536. The van der Waals surface area contributed by atoms with E-state index >= 15 is 0 Å². The molecule has 0 bridgehead atoms. The number of ether oxygens (including phenoxy) is 3. The first kappa shape index (κ1) is 23.2. The van der Waals surface area contributed by atoms with E-state index in [1.54, 1.807) is 32.0 Å². The van der Waals surface area contributed by atoms with Gasteiger partial charge in [-0.3, -0.25) is 9.59 Å². The molecule has 0 aliphatic carbocycles. The molecule has 2 atom stereocenters. The largest absolute Gasteiger partial charge is 0.496 e. The topological polar surface area (TPSA) is 78.9 Å². The van der Waals surface area contributed by atoms with Gasteiger partial charge in [0, 0.05) is 0 Å². The van der Waals surface area contributed by atoms with Gasteiger partial charge in [-0.15, -0.1) is 0 Å². The number of carbonyl (C=O) groups is 2. The molecule has 0 aliphatic rings. The molecular weight excluding hydrogens is 343 g/mol. The van der Waals surface area contributed by atoms with Crippen molar-refractivity contribution in [2.24, 2.45) is 5.92 Å². The van der Waals surface area contributed by atoms with Crippen LogP contribution < -0.4 is 9.47 Å². The lowest BCUT2D eigenvalue weighted by atomic mass is 9.91. The van der Waals surface area contributed by atoms with Crippen molar-refractivity contribution in [2.75, 3.05) is 14.2 Å². The zero-order valence-electron chi connectivity index (χ0n) is 15.7. The normalized spacial score (nSPS) is 11.3. The molecule has 0 saturated heterocycles. The summed E-state index contributed by atoms with van der Waals surface area (Å²) < 4.78 is 24.1. The van der Waals surface area contributed by atoms with Gasteiger partial charge in [0.2, 0.25) is 0 Å². The summed E-state index contributed by atoms with van der Waals surface area (Å²) in [5.74, 6) is -0.867. The van der Waals surface area contributed by atoms with Crippen molar-refractivity contribution in [1.29, 1.82) is 0 Å². The van der Waals surface area contributed by atoms with E-state index in [4.69, 9.17) is 18.8 Å². The fourth-order valence-corrected chi connectivity index (χ4v) is 2.35. The van der Waals surface area contributed by atoms with Crippen molar-refractivity contribution in [3.05, 3.63) is 23.8 Å². The van der Waals surface area contributed by atoms with Gasteiger partial charge >= 0.3 is 5.97 Å². The fraction of sp³-hybridized carbons (Fsp3) is 0.556. The number of ketones is 1. The van der Waals surface area contributed by atoms with Crippen molar-refractivity contribution in [3.8, 4) is 11.5 Å². The summed E-state index contributed by atoms with van der Waals surface area (Å²) in [7, 11) is 3.58. The fourth-order valence-electron chi connectivity index (χ4n) is 2.35. The lowest BCUT2D eigenvalue weighted by molar-refractivity contribution is -0.150. The second-order valence-corrected chi connectivity index (χ2v) is 5.58. The number of unbranched alkanes of at least 4 members (excludes halogenated alkanes) is 1. The van der Waals surface area contributed by atoms with Crippen molar-refractivity contribution >= 4 is 20.9 Å². The van der Waals surface area contributed by atoms with Crippen LogP contribution in [0.15, 0.2) is 18.2 Å². The summed E-state index contributed by atoms with van der Waals surface area (Å²) in [6.07, 6.45) is 1.84. The van der Waals surface area contributed by atoms with Crippen LogP contribution in [0.25, 0.3) is 0 Å². The summed E-state index contributed by atoms with van der Waals surface area (Å²) in [5.41, 5.74) is 0.291. The van der Waals surface area contributed by atoms with E-state index in [2.05, 4.69) is 0 Å². The van der Waals surface area contributed by atoms with Crippen molar-refractivity contribution in [3.63, 3.8) is 0 Å². The number of rotatable bonds is 9. The molecule has 0 radical (unpaired) electrons. The molecule has 1 rings (SSSR count). The van der Waals surface area contributed by atoms with Gasteiger partial charge in [0.1, 0.15) is 23.0 Å². The first-order chi connectivity index (χ1) is 12.0. The Morgan fingerprint density at radius 1 is 1.08 bits per heavy atom. The molecule has 7 heteroatoms. The lowest BCUT2D eigenvalue weighted by Crippen LogP contribution is -2.29. The predicted molar refractivity (Wildman–Crippen MR) is 99.9 cm³/mol. The average Bonchev–Trinajstić information content (AvgIpc) is 2.62. The minimum Gasteiger partial charge on any atom is -0.496 e. The van der Waals surface area contributed by atoms with Crippen LogP contribution in [0.1, 0.15) is 50.4 Å². The quantitative estimate of drug-likeness (QED) is 0.285. The highest BCUT2D eigenvalue weighted by atomic mass is 31.0. The summed E-state index contributed by atoms with van der Waals surface area (Å²) >= 11 is 0. The molecule has 6 nitrogen and oxygen atoms in total. The van der Waals surface area contributed by atoms with Gasteiger partial charge < -0.3 is 18.8 Å². The van der Waals surface area contributed by atoms with Crippen LogP contribution in [0.4, 0.5) is 0 Å². The van der Waals surface area contributed by atoms with Crippen molar-refractivity contribution in [1.82, 2.24) is 0 Å². The van der Waals surface area contributed by atoms with E-state index < -0.39 is 11.9 Å². The summed E-state index contributed by atoms with van der Waals surface area (Å²) in [4.78, 5) is 25.3.